The van der Waals surface area contributed by atoms with Crippen molar-refractivity contribution in [2.24, 2.45) is 11.8 Å². The van der Waals surface area contributed by atoms with E-state index in [0.717, 1.165) is 19.3 Å². The second-order valence-electron chi connectivity index (χ2n) is 18.1. The number of anilines is 2. The highest BCUT2D eigenvalue weighted by Gasteiger charge is 2.47. The molecule has 3 atom stereocenters. The first kappa shape index (κ1) is 35.9. The summed E-state index contributed by atoms with van der Waals surface area (Å²) in [5.74, 6) is 1.31. The number of rotatable bonds is 6. The molecule has 1 heteroatoms. The van der Waals surface area contributed by atoms with E-state index in [1.807, 2.05) is 0 Å². The van der Waals surface area contributed by atoms with Gasteiger partial charge >= 0.3 is 0 Å². The van der Waals surface area contributed by atoms with Crippen LogP contribution in [0, 0.1) is 11.8 Å². The van der Waals surface area contributed by atoms with Crippen LogP contribution in [0.2, 0.25) is 0 Å². The second-order valence-corrected chi connectivity index (χ2v) is 18.1. The Kier molecular flexibility index (Phi) is 8.35. The lowest BCUT2D eigenvalue weighted by Gasteiger charge is -2.36. The molecule has 0 radical (unpaired) electrons. The Balaban J connectivity index is 1.16. The average Bonchev–Trinajstić information content (AvgIpc) is 3.68. The first-order chi connectivity index (χ1) is 28.8. The van der Waals surface area contributed by atoms with Crippen molar-refractivity contribution in [3.05, 3.63) is 237 Å². The highest BCUT2D eigenvalue weighted by atomic mass is 15.1. The molecule has 59 heavy (non-hydrogen) atoms. The fraction of sp³-hybridized carbons (Fsp3) is 0.207. The van der Waals surface area contributed by atoms with Crippen LogP contribution in [-0.4, -0.2) is 0 Å². The van der Waals surface area contributed by atoms with Gasteiger partial charge < -0.3 is 4.90 Å². The van der Waals surface area contributed by atoms with Crippen LogP contribution >= 0.6 is 0 Å². The van der Waals surface area contributed by atoms with E-state index < -0.39 is 5.41 Å². The van der Waals surface area contributed by atoms with Gasteiger partial charge in [0.25, 0.3) is 0 Å². The Hall–Kier alpha value is -6.18. The third-order valence-corrected chi connectivity index (χ3v) is 14.3. The second kappa shape index (κ2) is 13.7. The van der Waals surface area contributed by atoms with Crippen molar-refractivity contribution in [3.8, 4) is 11.1 Å². The first-order valence-electron chi connectivity index (χ1n) is 21.7. The third kappa shape index (κ3) is 5.51. The van der Waals surface area contributed by atoms with Crippen molar-refractivity contribution in [2.75, 3.05) is 4.90 Å². The summed E-state index contributed by atoms with van der Waals surface area (Å²) in [5, 5.41) is 0. The molecule has 3 unspecified atom stereocenters. The Morgan fingerprint density at radius 1 is 0.576 bits per heavy atom. The summed E-state index contributed by atoms with van der Waals surface area (Å²) in [6.07, 6.45) is 19.5. The minimum Gasteiger partial charge on any atom is -0.314 e. The summed E-state index contributed by atoms with van der Waals surface area (Å²) in [6, 6.07) is 53.6. The zero-order valence-corrected chi connectivity index (χ0v) is 34.6. The van der Waals surface area contributed by atoms with Gasteiger partial charge in [0, 0.05) is 28.4 Å². The van der Waals surface area contributed by atoms with Gasteiger partial charge in [-0.1, -0.05) is 179 Å². The highest BCUT2D eigenvalue weighted by molar-refractivity contribution is 5.91. The van der Waals surface area contributed by atoms with Gasteiger partial charge in [-0.2, -0.15) is 0 Å². The van der Waals surface area contributed by atoms with Crippen LogP contribution in [0.15, 0.2) is 187 Å². The van der Waals surface area contributed by atoms with Gasteiger partial charge in [-0.05, 0) is 134 Å². The Morgan fingerprint density at radius 2 is 1.27 bits per heavy atom. The SMILES string of the molecule is CC1C=CC2=C(C1)c1cc(N(C3=Cc4ccccc4CC3)c3ccc4c(c3)C(c3ccccc3)(c3ccccc3)c3ccc(C5C=CC=CC5C)cc3-4)ccc1C2(C)C. The fourth-order valence-corrected chi connectivity index (χ4v) is 11.4. The van der Waals surface area contributed by atoms with Crippen molar-refractivity contribution in [2.45, 2.75) is 63.7 Å². The van der Waals surface area contributed by atoms with Crippen LogP contribution in [-0.2, 0) is 17.3 Å². The molecule has 0 N–H and O–H groups in total. The van der Waals surface area contributed by atoms with Gasteiger partial charge in [-0.25, -0.2) is 0 Å². The number of allylic oxidation sites excluding steroid dienone is 9. The molecule has 0 aromatic heterocycles. The largest absolute Gasteiger partial charge is 0.314 e. The molecule has 1 nitrogen and oxygen atoms in total. The Bertz CT molecular complexity index is 2770. The molecule has 288 valence electrons. The maximum Gasteiger partial charge on any atom is 0.0714 e. The van der Waals surface area contributed by atoms with Crippen LogP contribution < -0.4 is 4.90 Å². The molecule has 0 fully saturated rings. The smallest absolute Gasteiger partial charge is 0.0714 e. The predicted molar refractivity (Wildman–Crippen MR) is 248 cm³/mol. The molecular formula is C58H51N. The molecule has 6 aromatic carbocycles. The summed E-state index contributed by atoms with van der Waals surface area (Å²) < 4.78 is 0. The van der Waals surface area contributed by atoms with Gasteiger partial charge in [0.1, 0.15) is 0 Å². The van der Waals surface area contributed by atoms with Crippen molar-refractivity contribution in [3.63, 3.8) is 0 Å². The van der Waals surface area contributed by atoms with E-state index in [0.29, 0.717) is 17.8 Å². The minimum atomic E-state index is -0.499. The van der Waals surface area contributed by atoms with E-state index in [9.17, 15) is 0 Å². The molecule has 5 aliphatic rings. The van der Waals surface area contributed by atoms with E-state index in [2.05, 4.69) is 215 Å². The molecule has 6 aromatic rings. The maximum absolute atomic E-state index is 2.60. The van der Waals surface area contributed by atoms with Crippen LogP contribution in [0.25, 0.3) is 22.8 Å². The van der Waals surface area contributed by atoms with E-state index >= 15 is 0 Å². The summed E-state index contributed by atoms with van der Waals surface area (Å²) in [4.78, 5) is 2.60. The summed E-state index contributed by atoms with van der Waals surface area (Å²) >= 11 is 0. The van der Waals surface area contributed by atoms with Crippen LogP contribution in [0.5, 0.6) is 0 Å². The summed E-state index contributed by atoms with van der Waals surface area (Å²) in [6.45, 7) is 9.51. The lowest BCUT2D eigenvalue weighted by atomic mass is 9.67. The lowest BCUT2D eigenvalue weighted by Crippen LogP contribution is -2.29. The number of fused-ring (bicyclic) bond motifs is 6. The van der Waals surface area contributed by atoms with Gasteiger partial charge in [-0.15, -0.1) is 0 Å². The molecule has 0 amide bonds. The van der Waals surface area contributed by atoms with Crippen molar-refractivity contribution in [1.82, 2.24) is 0 Å². The molecule has 0 saturated heterocycles. The maximum atomic E-state index is 2.60. The number of nitrogens with zero attached hydrogens (tertiary/aromatic N) is 1. The van der Waals surface area contributed by atoms with Gasteiger partial charge in [0.2, 0.25) is 0 Å². The number of hydrogen-bond donors (Lipinski definition) is 0. The van der Waals surface area contributed by atoms with Gasteiger partial charge in [0.15, 0.2) is 0 Å². The van der Waals surface area contributed by atoms with E-state index in [4.69, 9.17) is 0 Å². The molecule has 0 saturated carbocycles. The molecular weight excluding hydrogens is 711 g/mol. The van der Waals surface area contributed by atoms with Gasteiger partial charge in [-0.3, -0.25) is 0 Å². The van der Waals surface area contributed by atoms with E-state index in [1.54, 1.807) is 0 Å². The van der Waals surface area contributed by atoms with Crippen molar-refractivity contribution >= 4 is 23.0 Å². The molecule has 5 aliphatic carbocycles. The molecule has 0 heterocycles. The predicted octanol–water partition coefficient (Wildman–Crippen LogP) is 14.7. The zero-order valence-electron chi connectivity index (χ0n) is 34.6. The van der Waals surface area contributed by atoms with Crippen LogP contribution in [0.4, 0.5) is 11.4 Å². The number of hydrogen-bond acceptors (Lipinski definition) is 1. The minimum absolute atomic E-state index is 0.0155. The third-order valence-electron chi connectivity index (χ3n) is 14.3. The molecule has 11 rings (SSSR count). The van der Waals surface area contributed by atoms with Gasteiger partial charge in [0.05, 0.1) is 5.41 Å². The lowest BCUT2D eigenvalue weighted by molar-refractivity contribution is 0.635. The molecule has 0 spiro atoms. The average molecular weight is 762 g/mol. The number of benzene rings is 6. The summed E-state index contributed by atoms with van der Waals surface area (Å²) in [7, 11) is 0. The van der Waals surface area contributed by atoms with Crippen molar-refractivity contribution < 1.29 is 0 Å². The molecule has 0 aliphatic heterocycles. The standard InChI is InChI=1S/C58H51N/c1-38-23-30-53-50(33-38)52-36-46(28-32-54(52)57(53,3)4)59(45-26-24-40-16-12-13-17-41(40)34-45)47-27-29-49-51-35-42(48-22-14-11-15-39(48)2)25-31-55(51)58(56(49)37-47,43-18-7-5-8-19-43)44-20-9-6-10-21-44/h5-23,25,27-32,34-39,48H,24,26,33H2,1-4H3. The Labute approximate surface area is 350 Å². The highest BCUT2D eigenvalue weighted by Crippen LogP contribution is 2.58. The van der Waals surface area contributed by atoms with Crippen molar-refractivity contribution in [1.29, 1.82) is 0 Å². The van der Waals surface area contributed by atoms with Crippen LogP contribution in [0.3, 0.4) is 0 Å². The van der Waals surface area contributed by atoms with Crippen LogP contribution in [0.1, 0.15) is 96.5 Å². The first-order valence-corrected chi connectivity index (χ1v) is 21.7. The monoisotopic (exact) mass is 761 g/mol. The summed E-state index contributed by atoms with van der Waals surface area (Å²) in [5.41, 5.74) is 21.2. The number of aryl methyl sites for hydroxylation is 1. The van der Waals surface area contributed by atoms with E-state index in [-0.39, 0.29) is 5.41 Å². The Morgan fingerprint density at radius 3 is 2.05 bits per heavy atom. The normalized spacial score (nSPS) is 21.3. The molecule has 0 bridgehead atoms. The zero-order chi connectivity index (χ0) is 39.9. The fourth-order valence-electron chi connectivity index (χ4n) is 11.4. The topological polar surface area (TPSA) is 3.24 Å². The van der Waals surface area contributed by atoms with E-state index in [1.165, 1.54) is 89.4 Å². The quantitative estimate of drug-likeness (QED) is 0.163.